The summed E-state index contributed by atoms with van der Waals surface area (Å²) in [6.07, 6.45) is 0.111. The molecule has 3 N–H and O–H groups in total. The van der Waals surface area contributed by atoms with Gasteiger partial charge in [0.2, 0.25) is 5.91 Å². The maximum atomic E-state index is 12.8. The molecule has 0 atom stereocenters. The van der Waals surface area contributed by atoms with Gasteiger partial charge in [-0.25, -0.2) is 8.42 Å². The predicted molar refractivity (Wildman–Crippen MR) is 122 cm³/mol. The van der Waals surface area contributed by atoms with Crippen LogP contribution in [-0.2, 0) is 21.4 Å². The van der Waals surface area contributed by atoms with Crippen molar-refractivity contribution in [2.24, 2.45) is 0 Å². The van der Waals surface area contributed by atoms with Crippen LogP contribution in [0.1, 0.15) is 28.2 Å². The van der Waals surface area contributed by atoms with Gasteiger partial charge in [-0.2, -0.15) is 5.10 Å². The van der Waals surface area contributed by atoms with Crippen LogP contribution in [0, 0.1) is 13.8 Å². The molecule has 0 aliphatic carbocycles. The largest absolute Gasteiger partial charge is 0.495 e. The highest BCUT2D eigenvalue weighted by Gasteiger charge is 2.18. The zero-order valence-corrected chi connectivity index (χ0v) is 19.3. The monoisotopic (exact) mass is 471 g/mol. The average molecular weight is 472 g/mol. The van der Waals surface area contributed by atoms with Crippen LogP contribution in [0.5, 0.6) is 5.75 Å². The number of hydrogen-bond donors (Lipinski definition) is 3. The quantitative estimate of drug-likeness (QED) is 0.432. The number of methoxy groups -OCH3 is 1. The van der Waals surface area contributed by atoms with Crippen LogP contribution in [0.4, 0.5) is 5.69 Å². The van der Waals surface area contributed by atoms with Gasteiger partial charge in [-0.3, -0.25) is 29.8 Å². The van der Waals surface area contributed by atoms with Crippen LogP contribution in [0.3, 0.4) is 0 Å². The van der Waals surface area contributed by atoms with Gasteiger partial charge in [0.15, 0.2) is 0 Å². The summed E-state index contributed by atoms with van der Waals surface area (Å²) in [4.78, 5) is 24.4. The Morgan fingerprint density at radius 1 is 1.03 bits per heavy atom. The summed E-state index contributed by atoms with van der Waals surface area (Å²) in [5, 5.41) is 4.28. The minimum atomic E-state index is -3.98. The number of hydrazine groups is 1. The molecule has 0 aliphatic heterocycles. The van der Waals surface area contributed by atoms with Crippen LogP contribution in [0.25, 0.3) is 0 Å². The predicted octanol–water partition coefficient (Wildman–Crippen LogP) is 2.16. The molecule has 0 bridgehead atoms. The molecule has 0 unspecified atom stereocenters. The van der Waals surface area contributed by atoms with E-state index in [4.69, 9.17) is 4.74 Å². The van der Waals surface area contributed by atoms with Gasteiger partial charge in [-0.1, -0.05) is 18.2 Å². The van der Waals surface area contributed by atoms with E-state index in [0.29, 0.717) is 12.3 Å². The number of aromatic nitrogens is 2. The number of rotatable bonds is 8. The topological polar surface area (TPSA) is 131 Å². The summed E-state index contributed by atoms with van der Waals surface area (Å²) in [5.41, 5.74) is 6.75. The van der Waals surface area contributed by atoms with E-state index in [1.807, 2.05) is 19.9 Å². The van der Waals surface area contributed by atoms with E-state index < -0.39 is 21.8 Å². The van der Waals surface area contributed by atoms with Crippen molar-refractivity contribution in [2.45, 2.75) is 31.7 Å². The summed E-state index contributed by atoms with van der Waals surface area (Å²) in [6.45, 7) is 4.12. The molecule has 11 heteroatoms. The second kappa shape index (κ2) is 10.2. The number of sulfonamides is 1. The number of amides is 2. The third-order valence-electron chi connectivity index (χ3n) is 4.73. The SMILES string of the molecule is COc1ccccc1NS(=O)(=O)c1cccc(C(=O)NNC(=O)CCn2nc(C)cc2C)c1. The van der Waals surface area contributed by atoms with Crippen LogP contribution in [0.15, 0.2) is 59.5 Å². The molecule has 3 rings (SSSR count). The zero-order chi connectivity index (χ0) is 24.0. The molecular formula is C22H25N5O5S. The summed E-state index contributed by atoms with van der Waals surface area (Å²) in [6, 6.07) is 13.9. The molecule has 33 heavy (non-hydrogen) atoms. The van der Waals surface area contributed by atoms with Crippen molar-refractivity contribution in [3.05, 3.63) is 71.5 Å². The van der Waals surface area contributed by atoms with Crippen LogP contribution >= 0.6 is 0 Å². The van der Waals surface area contributed by atoms with Crippen molar-refractivity contribution in [1.29, 1.82) is 0 Å². The molecule has 10 nitrogen and oxygen atoms in total. The van der Waals surface area contributed by atoms with Gasteiger partial charge in [-0.05, 0) is 50.2 Å². The number of carbonyl (C=O) groups excluding carboxylic acids is 2. The molecule has 0 aliphatic rings. The molecule has 1 aromatic heterocycles. The van der Waals surface area contributed by atoms with Gasteiger partial charge in [0, 0.05) is 17.7 Å². The molecular weight excluding hydrogens is 446 g/mol. The third kappa shape index (κ3) is 6.10. The van der Waals surface area contributed by atoms with Crippen LogP contribution < -0.4 is 20.3 Å². The Labute approximate surface area is 192 Å². The van der Waals surface area contributed by atoms with Crippen molar-refractivity contribution in [2.75, 3.05) is 11.8 Å². The molecule has 3 aromatic rings. The van der Waals surface area contributed by atoms with Crippen molar-refractivity contribution < 1.29 is 22.7 Å². The Hall–Kier alpha value is -3.86. The standard InChI is InChI=1S/C22H25N5O5S/c1-15-13-16(2)27(25-15)12-11-21(28)23-24-22(29)17-7-6-8-18(14-17)33(30,31)26-19-9-4-5-10-20(19)32-3/h4-10,13-14,26H,11-12H2,1-3H3,(H,23,28)(H,24,29). The first-order valence-electron chi connectivity index (χ1n) is 10.1. The van der Waals surface area contributed by atoms with E-state index >= 15 is 0 Å². The molecule has 2 aromatic carbocycles. The number of carbonyl (C=O) groups is 2. The van der Waals surface area contributed by atoms with Crippen LogP contribution in [-0.4, -0.2) is 37.1 Å². The lowest BCUT2D eigenvalue weighted by Gasteiger charge is -2.12. The van der Waals surface area contributed by atoms with E-state index in [-0.39, 0.29) is 22.6 Å². The fraction of sp³-hybridized carbons (Fsp3) is 0.227. The van der Waals surface area contributed by atoms with Crippen LogP contribution in [0.2, 0.25) is 0 Å². The number of aryl methyl sites for hydroxylation is 3. The molecule has 0 fully saturated rings. The first kappa shape index (κ1) is 23.8. The van der Waals surface area contributed by atoms with Crippen molar-refractivity contribution in [3.8, 4) is 5.75 Å². The summed E-state index contributed by atoms with van der Waals surface area (Å²) in [7, 11) is -2.55. The van der Waals surface area contributed by atoms with E-state index in [1.165, 1.54) is 31.4 Å². The fourth-order valence-electron chi connectivity index (χ4n) is 3.11. The number of anilines is 1. The Balaban J connectivity index is 1.61. The summed E-state index contributed by atoms with van der Waals surface area (Å²) in [5.74, 6) is -0.695. The Morgan fingerprint density at radius 2 is 1.79 bits per heavy atom. The Kier molecular flexibility index (Phi) is 7.34. The van der Waals surface area contributed by atoms with E-state index in [9.17, 15) is 18.0 Å². The van der Waals surface area contributed by atoms with E-state index in [1.54, 1.807) is 28.9 Å². The Morgan fingerprint density at radius 3 is 2.48 bits per heavy atom. The average Bonchev–Trinajstić information content (AvgIpc) is 3.13. The van der Waals surface area contributed by atoms with E-state index in [2.05, 4.69) is 20.7 Å². The van der Waals surface area contributed by atoms with Gasteiger partial charge in [0.05, 0.1) is 29.9 Å². The van der Waals surface area contributed by atoms with Gasteiger partial charge < -0.3 is 4.74 Å². The highest BCUT2D eigenvalue weighted by Crippen LogP contribution is 2.26. The number of ether oxygens (including phenoxy) is 1. The lowest BCUT2D eigenvalue weighted by atomic mass is 10.2. The molecule has 0 saturated carbocycles. The minimum Gasteiger partial charge on any atom is -0.495 e. The highest BCUT2D eigenvalue weighted by atomic mass is 32.2. The molecule has 1 heterocycles. The van der Waals surface area contributed by atoms with E-state index in [0.717, 1.165) is 11.4 Å². The Bertz CT molecular complexity index is 1270. The first-order valence-corrected chi connectivity index (χ1v) is 11.5. The molecule has 174 valence electrons. The van der Waals surface area contributed by atoms with Crippen molar-refractivity contribution in [3.63, 3.8) is 0 Å². The van der Waals surface area contributed by atoms with Gasteiger partial charge in [0.25, 0.3) is 15.9 Å². The number of para-hydroxylation sites is 2. The smallest absolute Gasteiger partial charge is 0.269 e. The number of nitrogens with zero attached hydrogens (tertiary/aromatic N) is 2. The summed E-state index contributed by atoms with van der Waals surface area (Å²) >= 11 is 0. The number of benzene rings is 2. The number of nitrogens with one attached hydrogen (secondary N) is 3. The molecule has 0 saturated heterocycles. The zero-order valence-electron chi connectivity index (χ0n) is 18.5. The minimum absolute atomic E-state index is 0.0664. The highest BCUT2D eigenvalue weighted by molar-refractivity contribution is 7.92. The molecule has 0 spiro atoms. The first-order chi connectivity index (χ1) is 15.7. The molecule has 2 amide bonds. The second-order valence-electron chi connectivity index (χ2n) is 7.24. The van der Waals surface area contributed by atoms with Crippen molar-refractivity contribution >= 4 is 27.5 Å². The third-order valence-corrected chi connectivity index (χ3v) is 6.09. The van der Waals surface area contributed by atoms with Crippen molar-refractivity contribution in [1.82, 2.24) is 20.6 Å². The lowest BCUT2D eigenvalue weighted by Crippen LogP contribution is -2.42. The van der Waals surface area contributed by atoms with Gasteiger partial charge in [-0.15, -0.1) is 0 Å². The molecule has 0 radical (unpaired) electrons. The summed E-state index contributed by atoms with van der Waals surface area (Å²) < 4.78 is 34.9. The lowest BCUT2D eigenvalue weighted by molar-refractivity contribution is -0.122. The normalized spacial score (nSPS) is 11.0. The maximum Gasteiger partial charge on any atom is 0.269 e. The van der Waals surface area contributed by atoms with Gasteiger partial charge >= 0.3 is 0 Å². The number of hydrogen-bond acceptors (Lipinski definition) is 6. The maximum absolute atomic E-state index is 12.8. The van der Waals surface area contributed by atoms with Gasteiger partial charge in [0.1, 0.15) is 5.75 Å². The second-order valence-corrected chi connectivity index (χ2v) is 8.92. The fourth-order valence-corrected chi connectivity index (χ4v) is 4.22.